The normalized spacial score (nSPS) is 19.7. The minimum atomic E-state index is -1.01. The van der Waals surface area contributed by atoms with Gasteiger partial charge in [0.2, 0.25) is 5.60 Å². The van der Waals surface area contributed by atoms with E-state index in [1.54, 1.807) is 14.0 Å². The van der Waals surface area contributed by atoms with E-state index in [4.69, 9.17) is 9.57 Å². The van der Waals surface area contributed by atoms with Crippen molar-refractivity contribution < 1.29 is 14.4 Å². The molecule has 0 radical (unpaired) electrons. The molecule has 2 aromatic carbocycles. The number of oxime groups is 1. The third kappa shape index (κ3) is 3.18. The van der Waals surface area contributed by atoms with Crippen molar-refractivity contribution >= 4 is 17.3 Å². The average Bonchev–Trinajstić information content (AvgIpc) is 3.00. The van der Waals surface area contributed by atoms with E-state index in [0.29, 0.717) is 6.42 Å². The average molecular weight is 310 g/mol. The molecule has 23 heavy (non-hydrogen) atoms. The molecule has 0 saturated carbocycles. The molecular weight excluding hydrogens is 292 g/mol. The predicted octanol–water partition coefficient (Wildman–Crippen LogP) is 3.22. The number of nitrogens with one attached hydrogen (secondary N) is 1. The van der Waals surface area contributed by atoms with Gasteiger partial charge in [-0.15, -0.1) is 0 Å². The first-order chi connectivity index (χ1) is 11.1. The predicted molar refractivity (Wildman–Crippen MR) is 88.7 cm³/mol. The van der Waals surface area contributed by atoms with E-state index in [1.807, 2.05) is 54.6 Å². The summed E-state index contributed by atoms with van der Waals surface area (Å²) in [5, 5.41) is 6.95. The number of carbonyl (C=O) groups is 1. The van der Waals surface area contributed by atoms with E-state index < -0.39 is 5.60 Å². The summed E-state index contributed by atoms with van der Waals surface area (Å²) >= 11 is 0. The van der Waals surface area contributed by atoms with Crippen LogP contribution in [0.4, 0.5) is 5.69 Å². The minimum absolute atomic E-state index is 0.212. The number of benzene rings is 2. The highest BCUT2D eigenvalue weighted by Gasteiger charge is 2.42. The Kier molecular flexibility index (Phi) is 4.02. The van der Waals surface area contributed by atoms with Crippen LogP contribution in [0.3, 0.4) is 0 Å². The van der Waals surface area contributed by atoms with Gasteiger partial charge >= 0.3 is 0 Å². The molecule has 1 aliphatic rings. The number of hydrogen-bond donors (Lipinski definition) is 1. The molecule has 118 valence electrons. The lowest BCUT2D eigenvalue weighted by Gasteiger charge is -2.20. The number of amides is 1. The van der Waals surface area contributed by atoms with Gasteiger partial charge in [-0.25, -0.2) is 0 Å². The number of methoxy groups -OCH3 is 1. The molecule has 3 rings (SSSR count). The quantitative estimate of drug-likeness (QED) is 0.943. The van der Waals surface area contributed by atoms with Crippen LogP contribution in [0.15, 0.2) is 59.8 Å². The molecule has 0 spiro atoms. The summed E-state index contributed by atoms with van der Waals surface area (Å²) in [6.45, 7) is 1.74. The molecule has 1 atom stereocenters. The Morgan fingerprint density at radius 3 is 2.52 bits per heavy atom. The molecule has 2 aromatic rings. The SMILES string of the molecule is COc1ccc(C2=NO[C@@](C)(C(=O)Nc3ccccc3)C2)cc1. The Morgan fingerprint density at radius 2 is 1.87 bits per heavy atom. The monoisotopic (exact) mass is 310 g/mol. The molecule has 0 fully saturated rings. The lowest BCUT2D eigenvalue weighted by atomic mass is 9.95. The van der Waals surface area contributed by atoms with Gasteiger partial charge in [-0.05, 0) is 48.9 Å². The summed E-state index contributed by atoms with van der Waals surface area (Å²) in [4.78, 5) is 17.9. The summed E-state index contributed by atoms with van der Waals surface area (Å²) < 4.78 is 5.14. The fourth-order valence-corrected chi connectivity index (χ4v) is 2.38. The molecule has 5 nitrogen and oxygen atoms in total. The van der Waals surface area contributed by atoms with Crippen molar-refractivity contribution in [1.29, 1.82) is 0 Å². The third-order valence-electron chi connectivity index (χ3n) is 3.80. The van der Waals surface area contributed by atoms with Gasteiger partial charge in [0.25, 0.3) is 5.91 Å². The molecule has 1 amide bonds. The number of carbonyl (C=O) groups excluding carboxylic acids is 1. The van der Waals surface area contributed by atoms with Crippen LogP contribution in [0.5, 0.6) is 5.75 Å². The van der Waals surface area contributed by atoms with Gasteiger partial charge in [0.05, 0.1) is 12.8 Å². The van der Waals surface area contributed by atoms with E-state index in [-0.39, 0.29) is 5.91 Å². The first-order valence-corrected chi connectivity index (χ1v) is 7.37. The van der Waals surface area contributed by atoms with Crippen LogP contribution in [0.2, 0.25) is 0 Å². The van der Waals surface area contributed by atoms with Gasteiger partial charge in [-0.1, -0.05) is 23.4 Å². The smallest absolute Gasteiger partial charge is 0.271 e. The molecular formula is C18H18N2O3. The van der Waals surface area contributed by atoms with E-state index in [2.05, 4.69) is 10.5 Å². The van der Waals surface area contributed by atoms with Crippen LogP contribution in [0.1, 0.15) is 18.9 Å². The van der Waals surface area contributed by atoms with Gasteiger partial charge in [0, 0.05) is 12.1 Å². The Labute approximate surface area is 134 Å². The lowest BCUT2D eigenvalue weighted by Crippen LogP contribution is -2.40. The fraction of sp³-hybridized carbons (Fsp3) is 0.222. The zero-order valence-corrected chi connectivity index (χ0v) is 13.1. The summed E-state index contributed by atoms with van der Waals surface area (Å²) in [6.07, 6.45) is 0.415. The van der Waals surface area contributed by atoms with Gasteiger partial charge < -0.3 is 14.9 Å². The van der Waals surface area contributed by atoms with Gasteiger partial charge in [0.1, 0.15) is 5.75 Å². The number of ether oxygens (including phenoxy) is 1. The summed E-state index contributed by atoms with van der Waals surface area (Å²) in [7, 11) is 1.62. The maximum Gasteiger partial charge on any atom is 0.271 e. The van der Waals surface area contributed by atoms with Crippen molar-refractivity contribution in [3.05, 3.63) is 60.2 Å². The molecule has 0 aliphatic carbocycles. The highest BCUT2D eigenvalue weighted by atomic mass is 16.7. The second kappa shape index (κ2) is 6.12. The molecule has 1 N–H and O–H groups in total. The van der Waals surface area contributed by atoms with Crippen molar-refractivity contribution in [2.24, 2.45) is 5.16 Å². The first-order valence-electron chi connectivity index (χ1n) is 7.37. The second-order valence-corrected chi connectivity index (χ2v) is 5.59. The number of hydrogen-bond acceptors (Lipinski definition) is 4. The van der Waals surface area contributed by atoms with Crippen LogP contribution in [-0.4, -0.2) is 24.3 Å². The molecule has 0 bridgehead atoms. The highest BCUT2D eigenvalue weighted by Crippen LogP contribution is 2.28. The van der Waals surface area contributed by atoms with Crippen molar-refractivity contribution in [1.82, 2.24) is 0 Å². The number of para-hydroxylation sites is 1. The van der Waals surface area contributed by atoms with Crippen LogP contribution in [-0.2, 0) is 9.63 Å². The fourth-order valence-electron chi connectivity index (χ4n) is 2.38. The summed E-state index contributed by atoms with van der Waals surface area (Å²) in [6, 6.07) is 16.8. The van der Waals surface area contributed by atoms with Crippen molar-refractivity contribution in [2.45, 2.75) is 18.9 Å². The van der Waals surface area contributed by atoms with E-state index >= 15 is 0 Å². The Hall–Kier alpha value is -2.82. The highest BCUT2D eigenvalue weighted by molar-refractivity contribution is 6.07. The zero-order chi connectivity index (χ0) is 16.3. The van der Waals surface area contributed by atoms with E-state index in [0.717, 1.165) is 22.7 Å². The maximum absolute atomic E-state index is 12.5. The van der Waals surface area contributed by atoms with Crippen molar-refractivity contribution in [3.8, 4) is 5.75 Å². The number of nitrogens with zero attached hydrogens (tertiary/aromatic N) is 1. The van der Waals surface area contributed by atoms with Crippen LogP contribution in [0, 0.1) is 0 Å². The Balaban J connectivity index is 1.69. The van der Waals surface area contributed by atoms with Crippen LogP contribution >= 0.6 is 0 Å². The van der Waals surface area contributed by atoms with Crippen LogP contribution < -0.4 is 10.1 Å². The van der Waals surface area contributed by atoms with Gasteiger partial charge in [-0.3, -0.25) is 4.79 Å². The Bertz CT molecular complexity index is 726. The second-order valence-electron chi connectivity index (χ2n) is 5.59. The molecule has 1 heterocycles. The standard InChI is InChI=1S/C18H18N2O3/c1-18(17(21)19-14-6-4-3-5-7-14)12-16(20-23-18)13-8-10-15(22-2)11-9-13/h3-11H,12H2,1-2H3,(H,19,21)/t18-/m1/s1. The molecule has 5 heteroatoms. The molecule has 1 aliphatic heterocycles. The largest absolute Gasteiger partial charge is 0.497 e. The molecule has 0 saturated heterocycles. The van der Waals surface area contributed by atoms with Gasteiger partial charge in [0.15, 0.2) is 0 Å². The molecule has 0 aromatic heterocycles. The number of anilines is 1. The maximum atomic E-state index is 12.5. The van der Waals surface area contributed by atoms with Crippen molar-refractivity contribution in [3.63, 3.8) is 0 Å². The molecule has 0 unspecified atom stereocenters. The summed E-state index contributed by atoms with van der Waals surface area (Å²) in [5.41, 5.74) is 1.39. The Morgan fingerprint density at radius 1 is 1.17 bits per heavy atom. The van der Waals surface area contributed by atoms with Crippen molar-refractivity contribution in [2.75, 3.05) is 12.4 Å². The zero-order valence-electron chi connectivity index (χ0n) is 13.1. The number of rotatable bonds is 4. The van der Waals surface area contributed by atoms with Gasteiger partial charge in [-0.2, -0.15) is 0 Å². The minimum Gasteiger partial charge on any atom is -0.497 e. The summed E-state index contributed by atoms with van der Waals surface area (Å²) in [5.74, 6) is 0.564. The topological polar surface area (TPSA) is 59.9 Å². The third-order valence-corrected chi connectivity index (χ3v) is 3.80. The van der Waals surface area contributed by atoms with Crippen LogP contribution in [0.25, 0.3) is 0 Å². The lowest BCUT2D eigenvalue weighted by molar-refractivity contribution is -0.135. The van der Waals surface area contributed by atoms with E-state index in [9.17, 15) is 4.79 Å². The van der Waals surface area contributed by atoms with E-state index in [1.165, 1.54) is 0 Å². The first kappa shape index (κ1) is 15.1.